The number of aromatic nitrogens is 4. The van der Waals surface area contributed by atoms with Crippen LogP contribution in [0.2, 0.25) is 0 Å². The summed E-state index contributed by atoms with van der Waals surface area (Å²) in [5.74, 6) is 0. The summed E-state index contributed by atoms with van der Waals surface area (Å²) < 4.78 is 7.14. The van der Waals surface area contributed by atoms with Gasteiger partial charge in [-0.05, 0) is 6.42 Å². The number of aromatic amines is 1. The van der Waals surface area contributed by atoms with Crippen LogP contribution < -0.4 is 5.49 Å². The maximum absolute atomic E-state index is 8.02. The van der Waals surface area contributed by atoms with Crippen LogP contribution in [0.1, 0.15) is 12.5 Å². The smallest absolute Gasteiger partial charge is 0.182 e. The van der Waals surface area contributed by atoms with E-state index in [4.69, 9.17) is 10.1 Å². The van der Waals surface area contributed by atoms with E-state index in [1.165, 1.54) is 0 Å². The molecule has 3 rings (SSSR count). The lowest BCUT2D eigenvalue weighted by molar-refractivity contribution is 0.185. The minimum absolute atomic E-state index is 0.234. The number of nitrogens with one attached hydrogen (secondary N) is 2. The Labute approximate surface area is 85.4 Å². The van der Waals surface area contributed by atoms with Crippen molar-refractivity contribution < 1.29 is 4.74 Å². The molecule has 0 saturated carbocycles. The van der Waals surface area contributed by atoms with Gasteiger partial charge in [0.1, 0.15) is 5.52 Å². The molecule has 0 radical (unpaired) electrons. The Balaban J connectivity index is 2.18. The molecule has 15 heavy (non-hydrogen) atoms. The van der Waals surface area contributed by atoms with Crippen molar-refractivity contribution in [2.24, 2.45) is 0 Å². The molecule has 6 nitrogen and oxygen atoms in total. The highest BCUT2D eigenvalue weighted by Crippen LogP contribution is 2.16. The summed E-state index contributed by atoms with van der Waals surface area (Å²) in [6.07, 6.45) is 4.17. The molecule has 1 aliphatic rings. The first-order valence-corrected chi connectivity index (χ1v) is 4.89. The summed E-state index contributed by atoms with van der Waals surface area (Å²) in [5.41, 5.74) is 1.70. The van der Waals surface area contributed by atoms with Gasteiger partial charge < -0.3 is 14.3 Å². The minimum Gasteiger partial charge on any atom is -0.379 e. The fourth-order valence-electron chi connectivity index (χ4n) is 1.88. The van der Waals surface area contributed by atoms with E-state index in [1.54, 1.807) is 12.7 Å². The van der Waals surface area contributed by atoms with E-state index < -0.39 is 0 Å². The quantitative estimate of drug-likeness (QED) is 0.698. The van der Waals surface area contributed by atoms with Crippen LogP contribution in [-0.4, -0.2) is 32.7 Å². The molecule has 2 aromatic rings. The van der Waals surface area contributed by atoms with Crippen molar-refractivity contribution in [1.82, 2.24) is 19.5 Å². The second kappa shape index (κ2) is 3.16. The summed E-state index contributed by atoms with van der Waals surface area (Å²) in [6, 6.07) is 0.234. The predicted octanol–water partition coefficient (Wildman–Crippen LogP) is 0.200. The molecule has 1 fully saturated rings. The van der Waals surface area contributed by atoms with Crippen LogP contribution in [0.25, 0.3) is 11.2 Å². The molecular weight excluding hydrogens is 194 g/mol. The topological polar surface area (TPSA) is 79.6 Å². The summed E-state index contributed by atoms with van der Waals surface area (Å²) in [4.78, 5) is 11.1. The third kappa shape index (κ3) is 1.25. The molecule has 0 unspecified atom stereocenters. The molecule has 78 valence electrons. The van der Waals surface area contributed by atoms with Crippen molar-refractivity contribution in [3.8, 4) is 0 Å². The Kier molecular flexibility index (Phi) is 1.81. The molecule has 0 bridgehead atoms. The third-order valence-corrected chi connectivity index (χ3v) is 2.72. The highest BCUT2D eigenvalue weighted by atomic mass is 16.5. The van der Waals surface area contributed by atoms with E-state index in [0.717, 1.165) is 13.0 Å². The van der Waals surface area contributed by atoms with Gasteiger partial charge in [0.2, 0.25) is 0 Å². The highest BCUT2D eigenvalue weighted by Gasteiger charge is 2.18. The minimum atomic E-state index is 0.234. The number of fused-ring (bicyclic) bond motifs is 1. The van der Waals surface area contributed by atoms with Crippen LogP contribution in [0.5, 0.6) is 0 Å². The second-order valence-corrected chi connectivity index (χ2v) is 3.62. The Morgan fingerprint density at radius 2 is 2.47 bits per heavy atom. The van der Waals surface area contributed by atoms with Gasteiger partial charge in [0.05, 0.1) is 25.3 Å². The monoisotopic (exact) mass is 205 g/mol. The molecule has 6 heteroatoms. The maximum Gasteiger partial charge on any atom is 0.182 e. The molecule has 1 aliphatic heterocycles. The fraction of sp³-hybridized carbons (Fsp3) is 0.444. The average Bonchev–Trinajstić information content (AvgIpc) is 2.87. The van der Waals surface area contributed by atoms with E-state index in [9.17, 15) is 0 Å². The van der Waals surface area contributed by atoms with E-state index in [2.05, 4.69) is 15.0 Å². The van der Waals surface area contributed by atoms with Gasteiger partial charge in [-0.25, -0.2) is 9.97 Å². The predicted molar refractivity (Wildman–Crippen MR) is 52.2 cm³/mol. The van der Waals surface area contributed by atoms with Gasteiger partial charge in [-0.3, -0.25) is 5.41 Å². The Bertz CT molecular complexity index is 537. The lowest BCUT2D eigenvalue weighted by Crippen LogP contribution is -2.25. The number of H-pyrrole nitrogens is 1. The van der Waals surface area contributed by atoms with Crippen LogP contribution in [-0.2, 0) is 4.74 Å². The van der Waals surface area contributed by atoms with Crippen LogP contribution in [0.15, 0.2) is 12.7 Å². The van der Waals surface area contributed by atoms with Crippen molar-refractivity contribution >= 4 is 11.2 Å². The van der Waals surface area contributed by atoms with Crippen LogP contribution in [0.4, 0.5) is 0 Å². The van der Waals surface area contributed by atoms with Crippen LogP contribution in [0.3, 0.4) is 0 Å². The molecule has 0 amide bonds. The van der Waals surface area contributed by atoms with Gasteiger partial charge >= 0.3 is 0 Å². The molecule has 2 aromatic heterocycles. The molecule has 2 N–H and O–H groups in total. The zero-order valence-corrected chi connectivity index (χ0v) is 8.10. The SMILES string of the molecule is N=c1c2[nH]cnc2ncn1[C@@H]1CCOC1. The first-order valence-electron chi connectivity index (χ1n) is 4.89. The first kappa shape index (κ1) is 8.60. The van der Waals surface area contributed by atoms with Crippen LogP contribution >= 0.6 is 0 Å². The molecule has 1 atom stereocenters. The van der Waals surface area contributed by atoms with Crippen molar-refractivity contribution in [1.29, 1.82) is 5.41 Å². The lowest BCUT2D eigenvalue weighted by atomic mass is 10.2. The summed E-state index contributed by atoms with van der Waals surface area (Å²) in [7, 11) is 0. The lowest BCUT2D eigenvalue weighted by Gasteiger charge is -2.11. The maximum atomic E-state index is 8.02. The summed E-state index contributed by atoms with van der Waals surface area (Å²) in [5, 5.41) is 8.02. The Morgan fingerprint density at radius 3 is 3.27 bits per heavy atom. The standard InChI is InChI=1S/C9H11N5O/c10-8-7-9(12-4-11-7)13-5-14(8)6-1-2-15-3-6/h4-6,10H,1-3H2,(H,11,12)/t6-/m1/s1. The molecular formula is C9H11N5O. The van der Waals surface area contributed by atoms with Crippen molar-refractivity contribution in [3.63, 3.8) is 0 Å². The summed E-state index contributed by atoms with van der Waals surface area (Å²) in [6.45, 7) is 1.43. The number of imidazole rings is 1. The zero-order valence-electron chi connectivity index (χ0n) is 8.10. The Morgan fingerprint density at radius 1 is 1.53 bits per heavy atom. The van der Waals surface area contributed by atoms with Gasteiger partial charge in [-0.15, -0.1) is 0 Å². The van der Waals surface area contributed by atoms with Gasteiger partial charge in [0.25, 0.3) is 0 Å². The molecule has 1 saturated heterocycles. The highest BCUT2D eigenvalue weighted by molar-refractivity contribution is 5.67. The number of rotatable bonds is 1. The van der Waals surface area contributed by atoms with Gasteiger partial charge in [-0.2, -0.15) is 0 Å². The fourth-order valence-corrected chi connectivity index (χ4v) is 1.88. The third-order valence-electron chi connectivity index (χ3n) is 2.72. The van der Waals surface area contributed by atoms with Gasteiger partial charge in [-0.1, -0.05) is 0 Å². The second-order valence-electron chi connectivity index (χ2n) is 3.62. The van der Waals surface area contributed by atoms with E-state index in [1.807, 2.05) is 4.57 Å². The first-order chi connectivity index (χ1) is 7.36. The number of hydrogen-bond acceptors (Lipinski definition) is 4. The zero-order chi connectivity index (χ0) is 10.3. The molecule has 0 spiro atoms. The molecule has 3 heterocycles. The van der Waals surface area contributed by atoms with Crippen molar-refractivity contribution in [3.05, 3.63) is 18.1 Å². The summed E-state index contributed by atoms with van der Waals surface area (Å²) >= 11 is 0. The Hall–Kier alpha value is -1.69. The average molecular weight is 205 g/mol. The van der Waals surface area contributed by atoms with E-state index in [-0.39, 0.29) is 6.04 Å². The van der Waals surface area contributed by atoms with E-state index in [0.29, 0.717) is 23.3 Å². The number of ether oxygens (including phenoxy) is 1. The normalized spacial score (nSPS) is 21.2. The number of hydrogen-bond donors (Lipinski definition) is 2. The number of nitrogens with zero attached hydrogens (tertiary/aromatic N) is 3. The van der Waals surface area contributed by atoms with Gasteiger partial charge in [0.15, 0.2) is 11.1 Å². The van der Waals surface area contributed by atoms with Crippen LogP contribution in [0, 0.1) is 5.41 Å². The van der Waals surface area contributed by atoms with Crippen molar-refractivity contribution in [2.45, 2.75) is 12.5 Å². The largest absolute Gasteiger partial charge is 0.379 e. The molecule has 0 aliphatic carbocycles. The van der Waals surface area contributed by atoms with E-state index >= 15 is 0 Å². The van der Waals surface area contributed by atoms with Crippen molar-refractivity contribution in [2.75, 3.05) is 13.2 Å². The van der Waals surface area contributed by atoms with Gasteiger partial charge in [0, 0.05) is 6.61 Å². The molecule has 0 aromatic carbocycles.